The van der Waals surface area contributed by atoms with Crippen molar-refractivity contribution in [1.29, 1.82) is 0 Å². The summed E-state index contributed by atoms with van der Waals surface area (Å²) in [6, 6.07) is 7.86. The third-order valence-electron chi connectivity index (χ3n) is 3.59. The number of hydrogen-bond acceptors (Lipinski definition) is 4. The van der Waals surface area contributed by atoms with Crippen LogP contribution in [0.15, 0.2) is 24.3 Å². The van der Waals surface area contributed by atoms with Crippen molar-refractivity contribution in [3.05, 3.63) is 41.2 Å². The lowest BCUT2D eigenvalue weighted by molar-refractivity contribution is 0.415. The highest BCUT2D eigenvalue weighted by molar-refractivity contribution is 5.57. The highest BCUT2D eigenvalue weighted by atomic mass is 16.5. The molecule has 1 aromatic heterocycles. The SMILES string of the molecule is CCc1nc(-c2ccc(OC)cc2)nc(CC)c1CCN. The van der Waals surface area contributed by atoms with Gasteiger partial charge in [0.05, 0.1) is 7.11 Å². The second kappa shape index (κ2) is 7.18. The summed E-state index contributed by atoms with van der Waals surface area (Å²) in [5.41, 5.74) is 10.2. The molecular weight excluding hydrogens is 262 g/mol. The van der Waals surface area contributed by atoms with E-state index >= 15 is 0 Å². The molecule has 1 aromatic carbocycles. The lowest BCUT2D eigenvalue weighted by atomic mass is 10.0. The van der Waals surface area contributed by atoms with Crippen LogP contribution in [0.2, 0.25) is 0 Å². The molecule has 4 heteroatoms. The molecule has 0 amide bonds. The predicted octanol–water partition coefficient (Wildman–Crippen LogP) is 2.78. The van der Waals surface area contributed by atoms with E-state index in [2.05, 4.69) is 13.8 Å². The topological polar surface area (TPSA) is 61.0 Å². The van der Waals surface area contributed by atoms with Crippen molar-refractivity contribution in [3.8, 4) is 17.1 Å². The van der Waals surface area contributed by atoms with Crippen LogP contribution in [-0.2, 0) is 19.3 Å². The Labute approximate surface area is 126 Å². The molecule has 21 heavy (non-hydrogen) atoms. The van der Waals surface area contributed by atoms with Gasteiger partial charge < -0.3 is 10.5 Å². The largest absolute Gasteiger partial charge is 0.497 e. The number of benzene rings is 1. The van der Waals surface area contributed by atoms with Gasteiger partial charge in [0.1, 0.15) is 5.75 Å². The third-order valence-corrected chi connectivity index (χ3v) is 3.59. The number of nitrogens with zero attached hydrogens (tertiary/aromatic N) is 2. The zero-order valence-electron chi connectivity index (χ0n) is 13.0. The van der Waals surface area contributed by atoms with Crippen LogP contribution in [0, 0.1) is 0 Å². The van der Waals surface area contributed by atoms with Crippen LogP contribution < -0.4 is 10.5 Å². The summed E-state index contributed by atoms with van der Waals surface area (Å²) < 4.78 is 5.19. The Morgan fingerprint density at radius 2 is 1.57 bits per heavy atom. The lowest BCUT2D eigenvalue weighted by Gasteiger charge is -2.13. The molecule has 4 nitrogen and oxygen atoms in total. The molecule has 0 atom stereocenters. The van der Waals surface area contributed by atoms with Gasteiger partial charge >= 0.3 is 0 Å². The maximum Gasteiger partial charge on any atom is 0.159 e. The molecule has 2 N–H and O–H groups in total. The van der Waals surface area contributed by atoms with Crippen LogP contribution >= 0.6 is 0 Å². The first-order valence-electron chi connectivity index (χ1n) is 7.46. The number of nitrogens with two attached hydrogens (primary N) is 1. The molecule has 0 saturated heterocycles. The summed E-state index contributed by atoms with van der Waals surface area (Å²) in [6.45, 7) is 4.88. The molecule has 0 spiro atoms. The Morgan fingerprint density at radius 1 is 1.00 bits per heavy atom. The van der Waals surface area contributed by atoms with Gasteiger partial charge in [0.15, 0.2) is 5.82 Å². The van der Waals surface area contributed by atoms with Crippen molar-refractivity contribution >= 4 is 0 Å². The van der Waals surface area contributed by atoms with E-state index < -0.39 is 0 Å². The molecule has 112 valence electrons. The molecule has 2 rings (SSSR count). The number of rotatable bonds is 6. The first-order valence-corrected chi connectivity index (χ1v) is 7.46. The molecule has 2 aromatic rings. The van der Waals surface area contributed by atoms with Crippen molar-refractivity contribution in [3.63, 3.8) is 0 Å². The minimum absolute atomic E-state index is 0.630. The van der Waals surface area contributed by atoms with E-state index in [9.17, 15) is 0 Å². The van der Waals surface area contributed by atoms with Gasteiger partial charge in [-0.05, 0) is 55.6 Å². The van der Waals surface area contributed by atoms with Gasteiger partial charge in [-0.15, -0.1) is 0 Å². The molecule has 0 aliphatic carbocycles. The summed E-state index contributed by atoms with van der Waals surface area (Å²) in [6.07, 6.45) is 2.64. The maximum atomic E-state index is 5.72. The Morgan fingerprint density at radius 3 is 2.00 bits per heavy atom. The van der Waals surface area contributed by atoms with Crippen molar-refractivity contribution < 1.29 is 4.74 Å². The Balaban J connectivity index is 2.48. The van der Waals surface area contributed by atoms with E-state index in [1.54, 1.807) is 7.11 Å². The number of methoxy groups -OCH3 is 1. The van der Waals surface area contributed by atoms with Crippen LogP contribution in [0.1, 0.15) is 30.8 Å². The van der Waals surface area contributed by atoms with Gasteiger partial charge in [-0.1, -0.05) is 13.8 Å². The normalized spacial score (nSPS) is 10.7. The quantitative estimate of drug-likeness (QED) is 0.886. The Hall–Kier alpha value is -1.94. The molecule has 0 saturated carbocycles. The van der Waals surface area contributed by atoms with Crippen LogP contribution in [0.25, 0.3) is 11.4 Å². The summed E-state index contributed by atoms with van der Waals surface area (Å²) in [4.78, 5) is 9.47. The molecular formula is C17H23N3O. The van der Waals surface area contributed by atoms with Gasteiger partial charge in [0.25, 0.3) is 0 Å². The second-order valence-corrected chi connectivity index (χ2v) is 4.89. The van der Waals surface area contributed by atoms with E-state index in [1.165, 1.54) is 5.56 Å². The fourth-order valence-corrected chi connectivity index (χ4v) is 2.47. The number of aryl methyl sites for hydroxylation is 2. The predicted molar refractivity (Wildman–Crippen MR) is 85.5 cm³/mol. The Bertz CT molecular complexity index is 568. The van der Waals surface area contributed by atoms with Crippen LogP contribution in [0.5, 0.6) is 5.75 Å². The number of aromatic nitrogens is 2. The molecule has 0 unspecified atom stereocenters. The summed E-state index contributed by atoms with van der Waals surface area (Å²) in [5, 5.41) is 0. The van der Waals surface area contributed by atoms with Crippen LogP contribution in [-0.4, -0.2) is 23.6 Å². The maximum absolute atomic E-state index is 5.72. The fraction of sp³-hybridized carbons (Fsp3) is 0.412. The van der Waals surface area contributed by atoms with E-state index in [-0.39, 0.29) is 0 Å². The summed E-state index contributed by atoms with van der Waals surface area (Å²) in [5.74, 6) is 1.62. The van der Waals surface area contributed by atoms with E-state index in [0.29, 0.717) is 6.54 Å². The summed E-state index contributed by atoms with van der Waals surface area (Å²) >= 11 is 0. The molecule has 0 radical (unpaired) electrons. The number of ether oxygens (including phenoxy) is 1. The molecule has 0 aliphatic heterocycles. The van der Waals surface area contributed by atoms with Gasteiger partial charge in [-0.2, -0.15) is 0 Å². The van der Waals surface area contributed by atoms with Crippen molar-refractivity contribution in [2.24, 2.45) is 5.73 Å². The van der Waals surface area contributed by atoms with Crippen LogP contribution in [0.4, 0.5) is 0 Å². The van der Waals surface area contributed by atoms with E-state index in [0.717, 1.165) is 47.8 Å². The van der Waals surface area contributed by atoms with Gasteiger partial charge in [-0.3, -0.25) is 0 Å². The van der Waals surface area contributed by atoms with Crippen LogP contribution in [0.3, 0.4) is 0 Å². The second-order valence-electron chi connectivity index (χ2n) is 4.89. The lowest BCUT2D eigenvalue weighted by Crippen LogP contribution is -2.12. The minimum atomic E-state index is 0.630. The van der Waals surface area contributed by atoms with Crippen molar-refractivity contribution in [2.75, 3.05) is 13.7 Å². The first kappa shape index (κ1) is 15.4. The van der Waals surface area contributed by atoms with Gasteiger partial charge in [0.2, 0.25) is 0 Å². The summed E-state index contributed by atoms with van der Waals surface area (Å²) in [7, 11) is 1.66. The average molecular weight is 285 g/mol. The van der Waals surface area contributed by atoms with Gasteiger partial charge in [-0.25, -0.2) is 9.97 Å². The van der Waals surface area contributed by atoms with E-state index in [4.69, 9.17) is 20.4 Å². The first-order chi connectivity index (χ1) is 10.2. The van der Waals surface area contributed by atoms with Crippen molar-refractivity contribution in [1.82, 2.24) is 9.97 Å². The standard InChI is InChI=1S/C17H23N3O/c1-4-15-14(10-11-18)16(5-2)20-17(19-15)12-6-8-13(21-3)9-7-12/h6-9H,4-5,10-11,18H2,1-3H3. The average Bonchev–Trinajstić information content (AvgIpc) is 2.55. The highest BCUT2D eigenvalue weighted by Crippen LogP contribution is 2.23. The molecule has 0 bridgehead atoms. The minimum Gasteiger partial charge on any atom is -0.497 e. The van der Waals surface area contributed by atoms with Crippen molar-refractivity contribution in [2.45, 2.75) is 33.1 Å². The monoisotopic (exact) mass is 285 g/mol. The molecule has 0 fully saturated rings. The number of hydrogen-bond donors (Lipinski definition) is 1. The third kappa shape index (κ3) is 3.39. The van der Waals surface area contributed by atoms with E-state index in [1.807, 2.05) is 24.3 Å². The Kier molecular flexibility index (Phi) is 5.28. The molecule has 1 heterocycles. The highest BCUT2D eigenvalue weighted by Gasteiger charge is 2.12. The van der Waals surface area contributed by atoms with Gasteiger partial charge in [0, 0.05) is 17.0 Å². The zero-order chi connectivity index (χ0) is 15.2. The fourth-order valence-electron chi connectivity index (χ4n) is 2.47. The zero-order valence-corrected chi connectivity index (χ0v) is 13.0. The molecule has 0 aliphatic rings. The smallest absolute Gasteiger partial charge is 0.159 e.